The van der Waals surface area contributed by atoms with E-state index in [1.165, 1.54) is 142 Å². The summed E-state index contributed by atoms with van der Waals surface area (Å²) >= 11 is 0. The van der Waals surface area contributed by atoms with Crippen LogP contribution in [0, 0.1) is 0 Å². The van der Waals surface area contributed by atoms with Gasteiger partial charge in [-0.25, -0.2) is 0 Å². The maximum absolute atomic E-state index is 2.64. The van der Waals surface area contributed by atoms with E-state index >= 15 is 0 Å². The minimum Gasteiger partial charge on any atom is -0.0654 e. The molecule has 0 nitrogen and oxygen atoms in total. The highest BCUT2D eigenvalue weighted by molar-refractivity contribution is 6.64. The maximum atomic E-state index is 2.64. The lowest BCUT2D eigenvalue weighted by atomic mass is 9.68. The van der Waals surface area contributed by atoms with E-state index in [2.05, 4.69) is 112 Å². The van der Waals surface area contributed by atoms with Crippen LogP contribution in [-0.4, -0.2) is 0 Å². The van der Waals surface area contributed by atoms with Gasteiger partial charge in [0.05, 0.1) is 0 Å². The molecule has 0 unspecified atom stereocenters. The second-order valence-electron chi connectivity index (χ2n) is 18.9. The van der Waals surface area contributed by atoms with Crippen molar-refractivity contribution in [3.63, 3.8) is 0 Å². The molecule has 0 aliphatic carbocycles. The standard InChI is InChI=1S/C60H54/c1-4-7-10-13-22-34-31-43-37-25-16-19-28-40(37)49(43)52-46(34)55-58(52)56-48-36(24-15-12-9-6-3)33-45-39-27-18-21-30-42(39)51(45)54(48)60(56)57-47-35(23-14-11-8-5-2)32-44-38-26-17-20-29-41(38)50(44)53(47)59(55)57/h16-21,25-33H,4-15,22-24H2,1-3H3. The van der Waals surface area contributed by atoms with E-state index in [-0.39, 0.29) is 0 Å². The minimum atomic E-state index is 1.16. The topological polar surface area (TPSA) is 0 Å². The molecule has 0 aliphatic heterocycles. The third-order valence-electron chi connectivity index (χ3n) is 15.6. The molecule has 0 bridgehead atoms. The van der Waals surface area contributed by atoms with Crippen molar-refractivity contribution in [3.05, 3.63) is 108 Å². The van der Waals surface area contributed by atoms with Crippen LogP contribution in [0.2, 0.25) is 0 Å². The summed E-state index contributed by atoms with van der Waals surface area (Å²) in [5.41, 5.74) is 4.79. The summed E-state index contributed by atoms with van der Waals surface area (Å²) in [5.74, 6) is 0. The summed E-state index contributed by atoms with van der Waals surface area (Å²) in [6.45, 7) is 7.02. The zero-order valence-electron chi connectivity index (χ0n) is 35.8. The molecular formula is C60H54. The second kappa shape index (κ2) is 13.3. The highest BCUT2D eigenvalue weighted by atomic mass is 14.4. The van der Waals surface area contributed by atoms with Crippen LogP contribution in [0.25, 0.3) is 129 Å². The molecule has 0 heteroatoms. The Balaban J connectivity index is 1.22. The molecule has 0 heterocycles. The van der Waals surface area contributed by atoms with Crippen molar-refractivity contribution in [2.75, 3.05) is 0 Å². The molecule has 0 saturated heterocycles. The molecule has 0 saturated carbocycles. The third-order valence-corrected chi connectivity index (χ3v) is 15.6. The van der Waals surface area contributed by atoms with E-state index in [1.54, 1.807) is 81.3 Å². The van der Waals surface area contributed by atoms with Crippen molar-refractivity contribution >= 4 is 129 Å². The number of aryl methyl sites for hydroxylation is 3. The lowest BCUT2D eigenvalue weighted by Gasteiger charge is -2.33. The number of fused-ring (bicyclic) bond motifs is 30. The minimum absolute atomic E-state index is 1.16. The van der Waals surface area contributed by atoms with Crippen LogP contribution in [0.3, 0.4) is 0 Å². The predicted octanol–water partition coefficient (Wildman–Crippen LogP) is 18.5. The Morgan fingerprint density at radius 1 is 0.233 bits per heavy atom. The van der Waals surface area contributed by atoms with Gasteiger partial charge in [0, 0.05) is 0 Å². The van der Waals surface area contributed by atoms with E-state index in [1.807, 2.05) is 0 Å². The molecule has 0 atom stereocenters. The Kier molecular flexibility index (Phi) is 7.81. The molecule has 0 aliphatic rings. The molecule has 0 aromatic heterocycles. The monoisotopic (exact) mass is 774 g/mol. The number of rotatable bonds is 15. The van der Waals surface area contributed by atoms with Crippen LogP contribution in [-0.2, 0) is 19.3 Å². The van der Waals surface area contributed by atoms with Crippen LogP contribution in [0.15, 0.2) is 91.0 Å². The first-order valence-electron chi connectivity index (χ1n) is 23.9. The second-order valence-corrected chi connectivity index (χ2v) is 18.9. The zero-order valence-corrected chi connectivity index (χ0v) is 35.8. The number of unbranched alkanes of at least 4 members (excludes halogenated alkanes) is 9. The summed E-state index contributed by atoms with van der Waals surface area (Å²) in [5, 5.41) is 36.9. The summed E-state index contributed by atoms with van der Waals surface area (Å²) in [6.07, 6.45) is 19.0. The first-order chi connectivity index (χ1) is 29.7. The summed E-state index contributed by atoms with van der Waals surface area (Å²) in [6, 6.07) is 35.8. The lowest BCUT2D eigenvalue weighted by molar-refractivity contribution is 0.668. The molecule has 0 fully saturated rings. The van der Waals surface area contributed by atoms with Crippen molar-refractivity contribution in [2.24, 2.45) is 0 Å². The van der Waals surface area contributed by atoms with Crippen LogP contribution < -0.4 is 0 Å². The van der Waals surface area contributed by atoms with E-state index in [0.717, 1.165) is 19.3 Å². The molecule has 0 amide bonds. The molecule has 0 spiro atoms. The SMILES string of the molecule is CCCCCCc1cc2c3ccccc3c2c2c1c1c3c4c(c(CCCCCC)cc5c6ccccc6c54)c3c3c4c(c(CCCCCC)cc5c6ccccc6c54)c3c21. The largest absolute Gasteiger partial charge is 0.0654 e. The molecular weight excluding hydrogens is 721 g/mol. The van der Waals surface area contributed by atoms with Gasteiger partial charge in [0.25, 0.3) is 0 Å². The van der Waals surface area contributed by atoms with Gasteiger partial charge in [-0.1, -0.05) is 151 Å². The predicted molar refractivity (Wildman–Crippen MR) is 267 cm³/mol. The fourth-order valence-corrected chi connectivity index (χ4v) is 12.8. The molecule has 13 rings (SSSR count). The molecule has 0 N–H and O–H groups in total. The van der Waals surface area contributed by atoms with Gasteiger partial charge in [0.2, 0.25) is 0 Å². The van der Waals surface area contributed by atoms with Gasteiger partial charge in [-0.15, -0.1) is 0 Å². The quantitative estimate of drug-likeness (QED) is 0.0910. The van der Waals surface area contributed by atoms with Crippen molar-refractivity contribution in [2.45, 2.75) is 117 Å². The van der Waals surface area contributed by atoms with E-state index in [4.69, 9.17) is 0 Å². The van der Waals surface area contributed by atoms with E-state index < -0.39 is 0 Å². The van der Waals surface area contributed by atoms with Crippen molar-refractivity contribution in [1.29, 1.82) is 0 Å². The highest BCUT2D eigenvalue weighted by Crippen LogP contribution is 2.64. The molecule has 0 radical (unpaired) electrons. The van der Waals surface area contributed by atoms with Crippen LogP contribution in [0.5, 0.6) is 0 Å². The van der Waals surface area contributed by atoms with Gasteiger partial charge in [-0.2, -0.15) is 0 Å². The lowest BCUT2D eigenvalue weighted by Crippen LogP contribution is -2.06. The van der Waals surface area contributed by atoms with Crippen LogP contribution in [0.1, 0.15) is 115 Å². The molecule has 13 aromatic rings. The zero-order chi connectivity index (χ0) is 39.8. The summed E-state index contributed by atoms with van der Waals surface area (Å²) < 4.78 is 0. The fraction of sp³-hybridized carbons (Fsp3) is 0.300. The van der Waals surface area contributed by atoms with Gasteiger partial charge >= 0.3 is 0 Å². The first kappa shape index (κ1) is 35.3. The maximum Gasteiger partial charge on any atom is -0.0000380 e. The molecule has 294 valence electrons. The van der Waals surface area contributed by atoms with Crippen molar-refractivity contribution < 1.29 is 0 Å². The molecule has 13 aromatic carbocycles. The van der Waals surface area contributed by atoms with E-state index in [0.29, 0.717) is 0 Å². The first-order valence-corrected chi connectivity index (χ1v) is 23.9. The average molecular weight is 775 g/mol. The Labute approximate surface area is 352 Å². The van der Waals surface area contributed by atoms with Gasteiger partial charge in [-0.05, 0) is 203 Å². The average Bonchev–Trinajstić information content (AvgIpc) is 3.25. The fourth-order valence-electron chi connectivity index (χ4n) is 12.8. The smallest absolute Gasteiger partial charge is 0.0000380 e. The third kappa shape index (κ3) is 4.43. The van der Waals surface area contributed by atoms with Crippen LogP contribution >= 0.6 is 0 Å². The number of hydrogen-bond donors (Lipinski definition) is 0. The number of benzene rings is 7. The van der Waals surface area contributed by atoms with Crippen molar-refractivity contribution in [3.8, 4) is 0 Å². The number of hydrogen-bond acceptors (Lipinski definition) is 0. The van der Waals surface area contributed by atoms with E-state index in [9.17, 15) is 0 Å². The Morgan fingerprint density at radius 2 is 0.483 bits per heavy atom. The van der Waals surface area contributed by atoms with Gasteiger partial charge in [0.1, 0.15) is 0 Å². The highest BCUT2D eigenvalue weighted by Gasteiger charge is 2.35. The summed E-state index contributed by atoms with van der Waals surface area (Å²) in [4.78, 5) is 0. The van der Waals surface area contributed by atoms with Crippen LogP contribution in [0.4, 0.5) is 0 Å². The van der Waals surface area contributed by atoms with Gasteiger partial charge in [0.15, 0.2) is 0 Å². The normalized spacial score (nSPS) is 13.2. The van der Waals surface area contributed by atoms with Gasteiger partial charge < -0.3 is 0 Å². The molecule has 60 heavy (non-hydrogen) atoms. The Bertz CT molecular complexity index is 3290. The van der Waals surface area contributed by atoms with Gasteiger partial charge in [-0.3, -0.25) is 0 Å². The Morgan fingerprint density at radius 3 is 0.767 bits per heavy atom. The van der Waals surface area contributed by atoms with Crippen molar-refractivity contribution in [1.82, 2.24) is 0 Å². The summed E-state index contributed by atoms with van der Waals surface area (Å²) in [7, 11) is 0. The Hall–Kier alpha value is -5.46.